The number of para-hydroxylation sites is 1. The summed E-state index contributed by atoms with van der Waals surface area (Å²) in [7, 11) is 0. The lowest BCUT2D eigenvalue weighted by Crippen LogP contribution is -2.28. The lowest BCUT2D eigenvalue weighted by atomic mass is 10.1. The molecule has 0 unspecified atom stereocenters. The van der Waals surface area contributed by atoms with E-state index in [0.717, 1.165) is 12.1 Å². The number of alkyl halides is 3. The molecule has 0 radical (unpaired) electrons. The number of carbonyl (C=O) groups excluding carboxylic acids is 1. The highest BCUT2D eigenvalue weighted by molar-refractivity contribution is 5.89. The zero-order chi connectivity index (χ0) is 15.3. The van der Waals surface area contributed by atoms with Crippen molar-refractivity contribution in [2.45, 2.75) is 12.7 Å². The lowest BCUT2D eigenvalue weighted by Gasteiger charge is -2.09. The van der Waals surface area contributed by atoms with E-state index < -0.39 is 17.8 Å². The molecule has 0 fully saturated rings. The third kappa shape index (κ3) is 4.52. The van der Waals surface area contributed by atoms with Gasteiger partial charge < -0.3 is 10.6 Å². The van der Waals surface area contributed by atoms with E-state index in [1.54, 1.807) is 24.3 Å². The standard InChI is InChI=1S/C15H13F3N2O/c16-15(17,18)12-8-6-11(7-9-12)10-19-14(21)20-13-4-2-1-3-5-13/h1-9H,10H2,(H2,19,20,21). The van der Waals surface area contributed by atoms with Crippen LogP contribution in [0.15, 0.2) is 54.6 Å². The summed E-state index contributed by atoms with van der Waals surface area (Å²) in [4.78, 5) is 11.6. The van der Waals surface area contributed by atoms with E-state index >= 15 is 0 Å². The largest absolute Gasteiger partial charge is 0.416 e. The number of amides is 2. The second-order valence-corrected chi connectivity index (χ2v) is 4.37. The van der Waals surface area contributed by atoms with E-state index in [4.69, 9.17) is 0 Å². The fourth-order valence-electron chi connectivity index (χ4n) is 1.69. The highest BCUT2D eigenvalue weighted by Crippen LogP contribution is 2.29. The molecule has 0 bridgehead atoms. The Morgan fingerprint density at radius 2 is 1.57 bits per heavy atom. The highest BCUT2D eigenvalue weighted by Gasteiger charge is 2.29. The van der Waals surface area contributed by atoms with Gasteiger partial charge in [0.25, 0.3) is 0 Å². The summed E-state index contributed by atoms with van der Waals surface area (Å²) in [5.74, 6) is 0. The number of urea groups is 1. The molecule has 21 heavy (non-hydrogen) atoms. The summed E-state index contributed by atoms with van der Waals surface area (Å²) < 4.78 is 37.2. The van der Waals surface area contributed by atoms with Crippen LogP contribution in [0, 0.1) is 0 Å². The summed E-state index contributed by atoms with van der Waals surface area (Å²) in [6, 6.07) is 13.1. The Hall–Kier alpha value is -2.50. The van der Waals surface area contributed by atoms with Crippen molar-refractivity contribution >= 4 is 11.7 Å². The lowest BCUT2D eigenvalue weighted by molar-refractivity contribution is -0.137. The average molecular weight is 294 g/mol. The maximum absolute atomic E-state index is 12.4. The Labute approximate surface area is 119 Å². The van der Waals surface area contributed by atoms with E-state index in [2.05, 4.69) is 10.6 Å². The van der Waals surface area contributed by atoms with Crippen LogP contribution in [0.5, 0.6) is 0 Å². The first-order valence-electron chi connectivity index (χ1n) is 6.21. The minimum atomic E-state index is -4.35. The molecule has 3 nitrogen and oxygen atoms in total. The number of halogens is 3. The third-order valence-electron chi connectivity index (χ3n) is 2.77. The zero-order valence-corrected chi connectivity index (χ0v) is 10.9. The van der Waals surface area contributed by atoms with Crippen LogP contribution in [0.2, 0.25) is 0 Å². The fourth-order valence-corrected chi connectivity index (χ4v) is 1.69. The quantitative estimate of drug-likeness (QED) is 0.881. The molecule has 0 saturated carbocycles. The first kappa shape index (κ1) is 14.9. The maximum Gasteiger partial charge on any atom is 0.416 e. The zero-order valence-electron chi connectivity index (χ0n) is 10.9. The molecule has 0 aliphatic rings. The first-order chi connectivity index (χ1) is 9.95. The van der Waals surface area contributed by atoms with Crippen LogP contribution >= 0.6 is 0 Å². The van der Waals surface area contributed by atoms with Crippen molar-refractivity contribution < 1.29 is 18.0 Å². The number of anilines is 1. The predicted octanol–water partition coefficient (Wildman–Crippen LogP) is 4.03. The van der Waals surface area contributed by atoms with Gasteiger partial charge >= 0.3 is 12.2 Å². The number of nitrogens with one attached hydrogen (secondary N) is 2. The highest BCUT2D eigenvalue weighted by atomic mass is 19.4. The minimum absolute atomic E-state index is 0.150. The molecule has 110 valence electrons. The summed E-state index contributed by atoms with van der Waals surface area (Å²) >= 11 is 0. The van der Waals surface area contributed by atoms with Crippen LogP contribution in [0.3, 0.4) is 0 Å². The van der Waals surface area contributed by atoms with E-state index in [9.17, 15) is 18.0 Å². The molecule has 0 aliphatic carbocycles. The molecule has 0 heterocycles. The van der Waals surface area contributed by atoms with Gasteiger partial charge in [-0.1, -0.05) is 30.3 Å². The summed E-state index contributed by atoms with van der Waals surface area (Å²) in [6.45, 7) is 0.150. The van der Waals surface area contributed by atoms with E-state index in [-0.39, 0.29) is 6.54 Å². The molecule has 6 heteroatoms. The fraction of sp³-hybridized carbons (Fsp3) is 0.133. The molecule has 2 rings (SSSR count). The van der Waals surface area contributed by atoms with E-state index in [1.807, 2.05) is 6.07 Å². The van der Waals surface area contributed by atoms with Crippen LogP contribution < -0.4 is 10.6 Å². The molecular weight excluding hydrogens is 281 g/mol. The smallest absolute Gasteiger partial charge is 0.334 e. The van der Waals surface area contributed by atoms with Crippen molar-refractivity contribution in [1.29, 1.82) is 0 Å². The van der Waals surface area contributed by atoms with Gasteiger partial charge in [-0.2, -0.15) is 13.2 Å². The van der Waals surface area contributed by atoms with Gasteiger partial charge in [-0.15, -0.1) is 0 Å². The van der Waals surface area contributed by atoms with Gasteiger partial charge in [0.05, 0.1) is 5.56 Å². The van der Waals surface area contributed by atoms with Crippen LogP contribution in [0.1, 0.15) is 11.1 Å². The van der Waals surface area contributed by atoms with Gasteiger partial charge in [0.2, 0.25) is 0 Å². The molecule has 2 N–H and O–H groups in total. The van der Waals surface area contributed by atoms with Gasteiger partial charge in [0, 0.05) is 12.2 Å². The Morgan fingerprint density at radius 3 is 2.14 bits per heavy atom. The molecular formula is C15H13F3N2O. The van der Waals surface area contributed by atoms with Crippen LogP contribution in [0.25, 0.3) is 0 Å². The van der Waals surface area contributed by atoms with Crippen LogP contribution in [-0.4, -0.2) is 6.03 Å². The summed E-state index contributed by atoms with van der Waals surface area (Å²) in [5, 5.41) is 5.19. The van der Waals surface area contributed by atoms with Gasteiger partial charge in [-0.05, 0) is 29.8 Å². The molecule has 2 amide bonds. The Kier molecular flexibility index (Phi) is 4.47. The predicted molar refractivity (Wildman–Crippen MR) is 73.7 cm³/mol. The van der Waals surface area contributed by atoms with Crippen LogP contribution in [-0.2, 0) is 12.7 Å². The number of rotatable bonds is 3. The summed E-state index contributed by atoms with van der Waals surface area (Å²) in [6.07, 6.45) is -4.35. The number of hydrogen-bond acceptors (Lipinski definition) is 1. The molecule has 0 aromatic heterocycles. The average Bonchev–Trinajstić information content (AvgIpc) is 2.46. The molecule has 0 aliphatic heterocycles. The summed E-state index contributed by atoms with van der Waals surface area (Å²) in [5.41, 5.74) is 0.522. The van der Waals surface area contributed by atoms with Crippen molar-refractivity contribution in [3.05, 3.63) is 65.7 Å². The van der Waals surface area contributed by atoms with Gasteiger partial charge in [0.1, 0.15) is 0 Å². The number of hydrogen-bond donors (Lipinski definition) is 2. The molecule has 2 aromatic rings. The normalized spacial score (nSPS) is 11.0. The van der Waals surface area contributed by atoms with Crippen molar-refractivity contribution in [2.75, 3.05) is 5.32 Å². The Balaban J connectivity index is 1.87. The van der Waals surface area contributed by atoms with Gasteiger partial charge in [-0.3, -0.25) is 0 Å². The molecule has 0 atom stereocenters. The first-order valence-corrected chi connectivity index (χ1v) is 6.21. The van der Waals surface area contributed by atoms with Gasteiger partial charge in [0.15, 0.2) is 0 Å². The minimum Gasteiger partial charge on any atom is -0.334 e. The van der Waals surface area contributed by atoms with Crippen molar-refractivity contribution in [3.8, 4) is 0 Å². The molecule has 0 spiro atoms. The SMILES string of the molecule is O=C(NCc1ccc(C(F)(F)F)cc1)Nc1ccccc1. The third-order valence-corrected chi connectivity index (χ3v) is 2.77. The van der Waals surface area contributed by atoms with Crippen molar-refractivity contribution in [2.24, 2.45) is 0 Å². The van der Waals surface area contributed by atoms with E-state index in [1.165, 1.54) is 12.1 Å². The van der Waals surface area contributed by atoms with Gasteiger partial charge in [-0.25, -0.2) is 4.79 Å². The van der Waals surface area contributed by atoms with Crippen molar-refractivity contribution in [1.82, 2.24) is 5.32 Å². The van der Waals surface area contributed by atoms with Crippen molar-refractivity contribution in [3.63, 3.8) is 0 Å². The number of benzene rings is 2. The molecule has 0 saturated heterocycles. The maximum atomic E-state index is 12.4. The second-order valence-electron chi connectivity index (χ2n) is 4.37. The molecule has 2 aromatic carbocycles. The number of carbonyl (C=O) groups is 1. The topological polar surface area (TPSA) is 41.1 Å². The second kappa shape index (κ2) is 6.30. The Bertz CT molecular complexity index is 595. The van der Waals surface area contributed by atoms with Crippen LogP contribution in [0.4, 0.5) is 23.7 Å². The monoisotopic (exact) mass is 294 g/mol. The Morgan fingerprint density at radius 1 is 0.952 bits per heavy atom. The van der Waals surface area contributed by atoms with E-state index in [0.29, 0.717) is 11.3 Å².